The van der Waals surface area contributed by atoms with E-state index in [1.165, 1.54) is 49.9 Å². The first kappa shape index (κ1) is 20.6. The summed E-state index contributed by atoms with van der Waals surface area (Å²) in [5.74, 6) is -1.11. The molecule has 0 unspecified atom stereocenters. The molecule has 6 nitrogen and oxygen atoms in total. The highest BCUT2D eigenvalue weighted by Gasteiger charge is 2.23. The van der Waals surface area contributed by atoms with Crippen molar-refractivity contribution in [2.24, 2.45) is 0 Å². The van der Waals surface area contributed by atoms with Crippen LogP contribution in [0.4, 0.5) is 10.1 Å². The number of carbonyl (C=O) groups is 1. The van der Waals surface area contributed by atoms with Gasteiger partial charge in [-0.05, 0) is 51.0 Å². The molecule has 1 aliphatic heterocycles. The maximum Gasteiger partial charge on any atom is 0.240 e. The number of nitrogens with one attached hydrogen (secondary N) is 1. The molecule has 8 heteroatoms. The number of sulfonamides is 1. The zero-order chi connectivity index (χ0) is 19.0. The van der Waals surface area contributed by atoms with Gasteiger partial charge in [0.2, 0.25) is 15.9 Å². The third kappa shape index (κ3) is 6.57. The van der Waals surface area contributed by atoms with E-state index in [9.17, 15) is 17.6 Å². The van der Waals surface area contributed by atoms with E-state index in [0.717, 1.165) is 36.6 Å². The summed E-state index contributed by atoms with van der Waals surface area (Å²) >= 11 is 0. The summed E-state index contributed by atoms with van der Waals surface area (Å²) in [7, 11) is -3.76. The summed E-state index contributed by atoms with van der Waals surface area (Å²) < 4.78 is 38.6. The molecule has 146 valence electrons. The number of para-hydroxylation sites is 1. The fraction of sp³-hybridized carbons (Fsp3) is 0.611. The molecule has 1 aromatic carbocycles. The lowest BCUT2D eigenvalue weighted by Crippen LogP contribution is -2.41. The Morgan fingerprint density at radius 1 is 1.19 bits per heavy atom. The fourth-order valence-corrected chi connectivity index (χ4v) is 3.97. The zero-order valence-electron chi connectivity index (χ0n) is 15.3. The second kappa shape index (κ2) is 9.87. The van der Waals surface area contributed by atoms with Crippen molar-refractivity contribution in [1.82, 2.24) is 10.2 Å². The average molecular weight is 386 g/mol. The summed E-state index contributed by atoms with van der Waals surface area (Å²) in [6, 6.07) is 5.54. The van der Waals surface area contributed by atoms with Crippen LogP contribution in [0, 0.1) is 5.82 Å². The Bertz CT molecular complexity index is 689. The van der Waals surface area contributed by atoms with Gasteiger partial charge in [0.1, 0.15) is 12.4 Å². The predicted octanol–water partition coefficient (Wildman–Crippen LogP) is 1.97. The summed E-state index contributed by atoms with van der Waals surface area (Å²) in [5.41, 5.74) is -0.116. The number of hydrogen-bond donors (Lipinski definition) is 1. The maximum absolute atomic E-state index is 13.9. The van der Waals surface area contributed by atoms with Crippen LogP contribution in [-0.2, 0) is 14.8 Å². The largest absolute Gasteiger partial charge is 0.354 e. The molecule has 0 saturated carbocycles. The van der Waals surface area contributed by atoms with Crippen LogP contribution in [0.25, 0.3) is 0 Å². The Balaban J connectivity index is 1.83. The van der Waals surface area contributed by atoms with Gasteiger partial charge < -0.3 is 10.2 Å². The molecule has 0 aromatic heterocycles. The van der Waals surface area contributed by atoms with Crippen LogP contribution in [0.2, 0.25) is 0 Å². The van der Waals surface area contributed by atoms with Gasteiger partial charge in [-0.1, -0.05) is 25.0 Å². The van der Waals surface area contributed by atoms with Gasteiger partial charge in [0.15, 0.2) is 0 Å². The van der Waals surface area contributed by atoms with Crippen LogP contribution in [0.3, 0.4) is 0 Å². The van der Waals surface area contributed by atoms with Crippen LogP contribution in [-0.4, -0.2) is 58.2 Å². The quantitative estimate of drug-likeness (QED) is 0.695. The van der Waals surface area contributed by atoms with E-state index in [4.69, 9.17) is 0 Å². The van der Waals surface area contributed by atoms with E-state index in [2.05, 4.69) is 10.2 Å². The number of likely N-dealkylation sites (tertiary alicyclic amines) is 1. The molecule has 0 aliphatic carbocycles. The van der Waals surface area contributed by atoms with Crippen molar-refractivity contribution in [1.29, 1.82) is 0 Å². The lowest BCUT2D eigenvalue weighted by atomic mass is 10.2. The third-order valence-electron chi connectivity index (χ3n) is 4.48. The number of carbonyl (C=O) groups excluding carboxylic acids is 1. The van der Waals surface area contributed by atoms with Crippen molar-refractivity contribution in [3.63, 3.8) is 0 Å². The number of benzene rings is 1. The summed E-state index contributed by atoms with van der Waals surface area (Å²) in [4.78, 5) is 14.5. The number of amides is 1. The van der Waals surface area contributed by atoms with E-state index in [-0.39, 0.29) is 5.69 Å². The Morgan fingerprint density at radius 2 is 1.85 bits per heavy atom. The molecule has 1 N–H and O–H groups in total. The Kier molecular flexibility index (Phi) is 7.84. The van der Waals surface area contributed by atoms with Crippen LogP contribution in [0.1, 0.15) is 32.1 Å². The lowest BCUT2D eigenvalue weighted by Gasteiger charge is -2.22. The molecule has 26 heavy (non-hydrogen) atoms. The molecular weight excluding hydrogens is 357 g/mol. The molecule has 0 spiro atoms. The monoisotopic (exact) mass is 385 g/mol. The smallest absolute Gasteiger partial charge is 0.240 e. The normalized spacial score (nSPS) is 16.1. The van der Waals surface area contributed by atoms with Crippen LogP contribution < -0.4 is 9.62 Å². The first-order chi connectivity index (χ1) is 12.4. The minimum Gasteiger partial charge on any atom is -0.354 e. The van der Waals surface area contributed by atoms with Gasteiger partial charge in [-0.2, -0.15) is 0 Å². The highest BCUT2D eigenvalue weighted by molar-refractivity contribution is 7.92. The molecule has 1 fully saturated rings. The van der Waals surface area contributed by atoms with Gasteiger partial charge in [-0.3, -0.25) is 9.10 Å². The third-order valence-corrected chi connectivity index (χ3v) is 5.61. The fourth-order valence-electron chi connectivity index (χ4n) is 3.11. The first-order valence-corrected chi connectivity index (χ1v) is 10.9. The number of nitrogens with zero attached hydrogens (tertiary/aromatic N) is 2. The second-order valence-corrected chi connectivity index (χ2v) is 8.59. The average Bonchev–Trinajstić information content (AvgIpc) is 2.85. The van der Waals surface area contributed by atoms with Gasteiger partial charge in [0.05, 0.1) is 11.9 Å². The van der Waals surface area contributed by atoms with E-state index in [1.54, 1.807) is 0 Å². The van der Waals surface area contributed by atoms with Crippen molar-refractivity contribution in [3.05, 3.63) is 30.1 Å². The molecule has 0 bridgehead atoms. The lowest BCUT2D eigenvalue weighted by molar-refractivity contribution is -0.119. The molecule has 2 rings (SSSR count). The van der Waals surface area contributed by atoms with Crippen LogP contribution >= 0.6 is 0 Å². The summed E-state index contributed by atoms with van der Waals surface area (Å²) in [5, 5.41) is 2.74. The minimum absolute atomic E-state index is 0.116. The molecule has 0 atom stereocenters. The van der Waals surface area contributed by atoms with Gasteiger partial charge in [-0.15, -0.1) is 0 Å². The van der Waals surface area contributed by atoms with Gasteiger partial charge in [0.25, 0.3) is 0 Å². The van der Waals surface area contributed by atoms with E-state index < -0.39 is 28.3 Å². The van der Waals surface area contributed by atoms with Crippen LogP contribution in [0.5, 0.6) is 0 Å². The molecule has 0 radical (unpaired) electrons. The predicted molar refractivity (Wildman–Crippen MR) is 101 cm³/mol. The SMILES string of the molecule is CS(=O)(=O)N(CC(=O)NCCCN1CCCCCC1)c1ccccc1F. The van der Waals surface area contributed by atoms with Crippen molar-refractivity contribution in [2.45, 2.75) is 32.1 Å². The van der Waals surface area contributed by atoms with Gasteiger partial charge in [-0.25, -0.2) is 12.8 Å². The first-order valence-electron chi connectivity index (χ1n) is 9.09. The number of rotatable bonds is 8. The van der Waals surface area contributed by atoms with Gasteiger partial charge >= 0.3 is 0 Å². The molecule has 1 heterocycles. The highest BCUT2D eigenvalue weighted by Crippen LogP contribution is 2.20. The van der Waals surface area contributed by atoms with Crippen molar-refractivity contribution in [2.75, 3.05) is 43.3 Å². The Labute approximate surface area is 155 Å². The molecule has 1 aromatic rings. The van der Waals surface area contributed by atoms with Crippen molar-refractivity contribution in [3.8, 4) is 0 Å². The standard InChI is InChI=1S/C18H28FN3O3S/c1-26(24,25)22(17-10-5-4-9-16(17)19)15-18(23)20-11-8-14-21-12-6-2-3-7-13-21/h4-5,9-10H,2-3,6-8,11-15H2,1H3,(H,20,23). The van der Waals surface area contributed by atoms with Crippen molar-refractivity contribution < 1.29 is 17.6 Å². The van der Waals surface area contributed by atoms with Crippen LogP contribution in [0.15, 0.2) is 24.3 Å². The Hall–Kier alpha value is -1.67. The van der Waals surface area contributed by atoms with Crippen molar-refractivity contribution >= 4 is 21.6 Å². The number of hydrogen-bond acceptors (Lipinski definition) is 4. The van der Waals surface area contributed by atoms with Gasteiger partial charge in [0, 0.05) is 6.54 Å². The number of halogens is 1. The molecule has 1 saturated heterocycles. The van der Waals surface area contributed by atoms with E-state index >= 15 is 0 Å². The molecule has 1 aliphatic rings. The molecule has 1 amide bonds. The zero-order valence-corrected chi connectivity index (χ0v) is 16.1. The maximum atomic E-state index is 13.9. The van der Waals surface area contributed by atoms with E-state index in [1.807, 2.05) is 0 Å². The minimum atomic E-state index is -3.76. The second-order valence-electron chi connectivity index (χ2n) is 6.68. The summed E-state index contributed by atoms with van der Waals surface area (Å²) in [6.07, 6.45) is 6.78. The Morgan fingerprint density at radius 3 is 2.46 bits per heavy atom. The number of anilines is 1. The van der Waals surface area contributed by atoms with E-state index in [0.29, 0.717) is 6.54 Å². The highest BCUT2D eigenvalue weighted by atomic mass is 32.2. The summed E-state index contributed by atoms with van der Waals surface area (Å²) in [6.45, 7) is 3.17. The topological polar surface area (TPSA) is 69.7 Å². The molecular formula is C18H28FN3O3S.